The van der Waals surface area contributed by atoms with Crippen molar-refractivity contribution in [1.29, 1.82) is 5.41 Å². The van der Waals surface area contributed by atoms with Crippen LogP contribution in [0.5, 0.6) is 0 Å². The van der Waals surface area contributed by atoms with Crippen LogP contribution in [0, 0.1) is 5.41 Å². The molecule has 0 spiro atoms. The first-order valence-electron chi connectivity index (χ1n) is 21.3. The minimum Gasteiger partial charge on any atom is -0.331 e. The molecule has 0 saturated heterocycles. The molecule has 1 unspecified atom stereocenters. The Morgan fingerprint density at radius 3 is 2.00 bits per heavy atom. The van der Waals surface area contributed by atoms with Crippen LogP contribution >= 0.6 is 11.3 Å². The van der Waals surface area contributed by atoms with Crippen LogP contribution in [0.2, 0.25) is 0 Å². The number of rotatable bonds is 10. The summed E-state index contributed by atoms with van der Waals surface area (Å²) in [6.07, 6.45) is 17.8. The lowest BCUT2D eigenvalue weighted by Gasteiger charge is -2.20. The number of hydrogen-bond donors (Lipinski definition) is 2. The molecule has 6 aromatic carbocycles. The normalized spacial score (nSPS) is 12.6. The van der Waals surface area contributed by atoms with E-state index in [0.717, 1.165) is 19.4 Å². The third kappa shape index (κ3) is 11.5. The molecule has 3 heteroatoms. The zero-order valence-electron chi connectivity index (χ0n) is 36.4. The molecule has 0 saturated carbocycles. The molecular weight excluding hydrogens is 745 g/mol. The van der Waals surface area contributed by atoms with Crippen LogP contribution < -0.4 is 5.73 Å². The highest BCUT2D eigenvalue weighted by Gasteiger charge is 2.22. The maximum Gasteiger partial charge on any atom is 0.0440 e. The molecule has 0 aliphatic heterocycles. The van der Waals surface area contributed by atoms with Gasteiger partial charge < -0.3 is 11.1 Å². The Morgan fingerprint density at radius 1 is 0.733 bits per heavy atom. The van der Waals surface area contributed by atoms with E-state index in [1.54, 1.807) is 0 Å². The van der Waals surface area contributed by atoms with Crippen LogP contribution in [0.25, 0.3) is 42.4 Å². The highest BCUT2D eigenvalue weighted by molar-refractivity contribution is 7.26. The lowest BCUT2D eigenvalue weighted by Crippen LogP contribution is -2.03. The topological polar surface area (TPSA) is 49.9 Å². The quantitative estimate of drug-likeness (QED) is 0.105. The van der Waals surface area contributed by atoms with E-state index in [1.165, 1.54) is 75.8 Å². The van der Waals surface area contributed by atoms with Crippen molar-refractivity contribution >= 4 is 49.4 Å². The molecule has 3 N–H and O–H groups in total. The SMILES string of the molecule is C=N.CC.CC.CCN.C\C=C/C=C(/C(=C\Cc1ccccc1)c1ccccc1)c1ccc(-c2cccc(C(C3=CCC=C3)c3ccccc3)c2)c2c1sc1ccccc12. The standard InChI is InChI=1S/C50H40S.C2H7N.2C2H6.CH3N/c1-2-3-28-44(42(37-20-9-5-10-21-37)32-31-36-18-7-4-8-19-36)45-34-33-43(49-46-29-15-16-30-47(46)51-50(45)49)40-26-17-27-41(35-40)48(39-24-13-14-25-39)38-22-11-6-12-23-38;1-2-3;3*1-2/h2-13,15-30,32-35,48H,14,31H2,1H3;2-3H2,1H3;2*1-2H3;2H,1H2/b3-2-,42-32-,44-28-;;;;. The van der Waals surface area contributed by atoms with E-state index in [2.05, 4.69) is 208 Å². The smallest absolute Gasteiger partial charge is 0.0440 e. The van der Waals surface area contributed by atoms with Gasteiger partial charge in [0.15, 0.2) is 0 Å². The van der Waals surface area contributed by atoms with Gasteiger partial charge in [-0.05, 0) is 89.2 Å². The van der Waals surface area contributed by atoms with Crippen LogP contribution in [-0.2, 0) is 6.42 Å². The van der Waals surface area contributed by atoms with E-state index in [-0.39, 0.29) is 5.92 Å². The second kappa shape index (κ2) is 25.4. The summed E-state index contributed by atoms with van der Waals surface area (Å²) in [6.45, 7) is 15.2. The highest BCUT2D eigenvalue weighted by Crippen LogP contribution is 2.46. The summed E-state index contributed by atoms with van der Waals surface area (Å²) in [5, 5.41) is 8.13. The number of allylic oxidation sites excluding steroid dienone is 10. The van der Waals surface area contributed by atoms with Crippen LogP contribution in [-0.4, -0.2) is 13.3 Å². The zero-order valence-corrected chi connectivity index (χ0v) is 37.2. The number of fused-ring (bicyclic) bond motifs is 3. The van der Waals surface area contributed by atoms with Crippen molar-refractivity contribution in [2.45, 2.75) is 60.3 Å². The van der Waals surface area contributed by atoms with Crippen LogP contribution in [0.1, 0.15) is 81.7 Å². The monoisotopic (exact) mass is 806 g/mol. The summed E-state index contributed by atoms with van der Waals surface area (Å²) in [4.78, 5) is 0. The van der Waals surface area contributed by atoms with Gasteiger partial charge in [-0.2, -0.15) is 0 Å². The van der Waals surface area contributed by atoms with E-state index in [1.807, 2.05) is 46.0 Å². The maximum atomic E-state index is 5.50. The highest BCUT2D eigenvalue weighted by atomic mass is 32.1. The zero-order chi connectivity index (χ0) is 43.1. The van der Waals surface area contributed by atoms with Gasteiger partial charge in [-0.3, -0.25) is 0 Å². The summed E-state index contributed by atoms with van der Waals surface area (Å²) in [6, 6.07) is 55.5. The predicted molar refractivity (Wildman–Crippen MR) is 270 cm³/mol. The molecule has 60 heavy (non-hydrogen) atoms. The largest absolute Gasteiger partial charge is 0.331 e. The lowest BCUT2D eigenvalue weighted by molar-refractivity contribution is 0.979. The van der Waals surface area contributed by atoms with Gasteiger partial charge in [0.05, 0.1) is 0 Å². The molecule has 0 bridgehead atoms. The summed E-state index contributed by atoms with van der Waals surface area (Å²) in [5.41, 5.74) is 17.6. The number of thiophene rings is 1. The minimum atomic E-state index is 0.192. The molecule has 1 aliphatic rings. The van der Waals surface area contributed by atoms with Gasteiger partial charge in [0, 0.05) is 31.7 Å². The summed E-state index contributed by atoms with van der Waals surface area (Å²) in [5.74, 6) is 0.192. The van der Waals surface area contributed by atoms with Gasteiger partial charge in [0.1, 0.15) is 0 Å². The van der Waals surface area contributed by atoms with E-state index >= 15 is 0 Å². The molecule has 1 aromatic heterocycles. The van der Waals surface area contributed by atoms with Gasteiger partial charge in [0.25, 0.3) is 0 Å². The summed E-state index contributed by atoms with van der Waals surface area (Å²) >= 11 is 1.90. The first kappa shape index (κ1) is 46.6. The lowest BCUT2D eigenvalue weighted by atomic mass is 9.83. The fourth-order valence-electron chi connectivity index (χ4n) is 7.43. The molecule has 1 aliphatic carbocycles. The molecule has 1 atom stereocenters. The fraction of sp³-hybridized carbons (Fsp3) is 0.175. The Labute approximate surface area is 364 Å². The molecule has 2 nitrogen and oxygen atoms in total. The average molecular weight is 807 g/mol. The van der Waals surface area contributed by atoms with E-state index < -0.39 is 0 Å². The van der Waals surface area contributed by atoms with Crippen molar-refractivity contribution in [3.05, 3.63) is 228 Å². The van der Waals surface area contributed by atoms with Gasteiger partial charge in [-0.15, -0.1) is 11.3 Å². The maximum absolute atomic E-state index is 5.50. The molecule has 1 heterocycles. The van der Waals surface area contributed by atoms with E-state index in [0.29, 0.717) is 0 Å². The van der Waals surface area contributed by atoms with Crippen molar-refractivity contribution in [3.8, 4) is 11.1 Å². The molecule has 0 fully saturated rings. The number of nitrogens with two attached hydrogens (primary N) is 1. The number of hydrogen-bond acceptors (Lipinski definition) is 3. The van der Waals surface area contributed by atoms with Crippen LogP contribution in [0.15, 0.2) is 200 Å². The Bertz CT molecular complexity index is 2500. The minimum absolute atomic E-state index is 0.192. The number of benzene rings is 6. The van der Waals surface area contributed by atoms with Gasteiger partial charge >= 0.3 is 0 Å². The van der Waals surface area contributed by atoms with E-state index in [9.17, 15) is 0 Å². The first-order chi connectivity index (χ1) is 29.7. The third-order valence-corrected chi connectivity index (χ3v) is 11.0. The van der Waals surface area contributed by atoms with Crippen molar-refractivity contribution in [3.63, 3.8) is 0 Å². The Morgan fingerprint density at radius 2 is 1.35 bits per heavy atom. The molecule has 306 valence electrons. The molecular formula is C57H62N2S. The van der Waals surface area contributed by atoms with Crippen molar-refractivity contribution in [1.82, 2.24) is 0 Å². The van der Waals surface area contributed by atoms with Gasteiger partial charge in [0.2, 0.25) is 0 Å². The molecule has 0 radical (unpaired) electrons. The summed E-state index contributed by atoms with van der Waals surface area (Å²) < 4.78 is 2.62. The van der Waals surface area contributed by atoms with Crippen molar-refractivity contribution < 1.29 is 0 Å². The number of nitrogens with one attached hydrogen (secondary N) is 1. The van der Waals surface area contributed by atoms with Crippen LogP contribution in [0.4, 0.5) is 0 Å². The van der Waals surface area contributed by atoms with E-state index in [4.69, 9.17) is 11.1 Å². The second-order valence-corrected chi connectivity index (χ2v) is 14.5. The summed E-state index contributed by atoms with van der Waals surface area (Å²) in [7, 11) is 0. The predicted octanol–water partition coefficient (Wildman–Crippen LogP) is 16.3. The van der Waals surface area contributed by atoms with Gasteiger partial charge in [-0.25, -0.2) is 0 Å². The molecule has 8 rings (SSSR count). The average Bonchev–Trinajstić information content (AvgIpc) is 4.00. The fourth-order valence-corrected chi connectivity index (χ4v) is 8.69. The molecule has 0 amide bonds. The Hall–Kier alpha value is -6.13. The van der Waals surface area contributed by atoms with Crippen molar-refractivity contribution in [2.24, 2.45) is 5.73 Å². The van der Waals surface area contributed by atoms with Crippen LogP contribution in [0.3, 0.4) is 0 Å². The third-order valence-electron chi connectivity index (χ3n) is 9.83. The van der Waals surface area contributed by atoms with Crippen molar-refractivity contribution in [2.75, 3.05) is 6.54 Å². The second-order valence-electron chi connectivity index (χ2n) is 13.5. The Balaban J connectivity index is 0.000000823. The van der Waals surface area contributed by atoms with Gasteiger partial charge in [-0.1, -0.05) is 223 Å². The Kier molecular flexibility index (Phi) is 19.7. The first-order valence-corrected chi connectivity index (χ1v) is 22.2. The molecule has 7 aromatic rings.